The molecule has 18 heavy (non-hydrogen) atoms. The maximum atomic E-state index is 11.8. The zero-order valence-corrected chi connectivity index (χ0v) is 9.88. The van der Waals surface area contributed by atoms with Crippen LogP contribution in [0.4, 0.5) is 5.95 Å². The van der Waals surface area contributed by atoms with Crippen LogP contribution < -0.4 is 10.9 Å². The first-order chi connectivity index (χ1) is 8.74. The third-order valence-electron chi connectivity index (χ3n) is 3.86. The Morgan fingerprint density at radius 2 is 2.28 bits per heavy atom. The number of rotatable bonds is 2. The molecule has 4 rings (SSSR count). The summed E-state index contributed by atoms with van der Waals surface area (Å²) in [5.74, 6) is 1.66. The maximum Gasteiger partial charge on any atom is 0.263 e. The molecular weight excluding hydrogens is 234 g/mol. The molecule has 7 heteroatoms. The molecule has 2 N–H and O–H groups in total. The van der Waals surface area contributed by atoms with E-state index in [1.807, 2.05) is 0 Å². The Bertz CT molecular complexity index is 666. The van der Waals surface area contributed by atoms with Crippen molar-refractivity contribution in [3.05, 3.63) is 16.6 Å². The quantitative estimate of drug-likeness (QED) is 0.762. The standard InChI is InChI=1S/C11H13N5O2/c1-16-9-5(2-12-16)10(17)15-11(14-9)13-8-6-3-18-4-7(6)8/h2,6-8H,3-4H2,1H3,(H2,13,14,15,17)/t6-,7+,8?. The summed E-state index contributed by atoms with van der Waals surface area (Å²) in [7, 11) is 1.78. The summed E-state index contributed by atoms with van der Waals surface area (Å²) in [5, 5.41) is 7.83. The van der Waals surface area contributed by atoms with Crippen molar-refractivity contribution >= 4 is 17.0 Å². The van der Waals surface area contributed by atoms with Gasteiger partial charge in [-0.15, -0.1) is 0 Å². The Hall–Kier alpha value is -1.89. The molecule has 2 aromatic rings. The zero-order chi connectivity index (χ0) is 12.3. The van der Waals surface area contributed by atoms with Gasteiger partial charge in [0.25, 0.3) is 5.56 Å². The number of anilines is 1. The molecule has 1 saturated heterocycles. The van der Waals surface area contributed by atoms with Gasteiger partial charge in [0.2, 0.25) is 5.95 Å². The first-order valence-corrected chi connectivity index (χ1v) is 6.00. The van der Waals surface area contributed by atoms with Gasteiger partial charge in [0.15, 0.2) is 5.65 Å². The van der Waals surface area contributed by atoms with E-state index >= 15 is 0 Å². The van der Waals surface area contributed by atoms with Gasteiger partial charge in [-0.25, -0.2) is 0 Å². The smallest absolute Gasteiger partial charge is 0.263 e. The fourth-order valence-corrected chi connectivity index (χ4v) is 2.71. The molecule has 1 aliphatic heterocycles. The molecule has 0 bridgehead atoms. The predicted molar refractivity (Wildman–Crippen MR) is 64.3 cm³/mol. The molecule has 0 spiro atoms. The number of hydrogen-bond acceptors (Lipinski definition) is 5. The van der Waals surface area contributed by atoms with Gasteiger partial charge in [-0.1, -0.05) is 0 Å². The fraction of sp³-hybridized carbons (Fsp3) is 0.545. The molecule has 1 unspecified atom stereocenters. The van der Waals surface area contributed by atoms with Crippen molar-refractivity contribution in [1.29, 1.82) is 0 Å². The summed E-state index contributed by atoms with van der Waals surface area (Å²) >= 11 is 0. The summed E-state index contributed by atoms with van der Waals surface area (Å²) < 4.78 is 6.93. The second kappa shape index (κ2) is 3.32. The lowest BCUT2D eigenvalue weighted by Gasteiger charge is -2.07. The average Bonchev–Trinajstić information content (AvgIpc) is 2.75. The van der Waals surface area contributed by atoms with Crippen LogP contribution in [0.3, 0.4) is 0 Å². The Morgan fingerprint density at radius 3 is 3.06 bits per heavy atom. The number of aryl methyl sites for hydroxylation is 1. The third-order valence-corrected chi connectivity index (χ3v) is 3.86. The van der Waals surface area contributed by atoms with Crippen molar-refractivity contribution in [3.63, 3.8) is 0 Å². The Morgan fingerprint density at radius 1 is 1.50 bits per heavy atom. The molecule has 1 saturated carbocycles. The number of nitrogens with one attached hydrogen (secondary N) is 2. The van der Waals surface area contributed by atoms with Crippen LogP contribution in [0.25, 0.3) is 11.0 Å². The van der Waals surface area contributed by atoms with E-state index in [1.54, 1.807) is 11.7 Å². The van der Waals surface area contributed by atoms with Crippen molar-refractivity contribution in [2.75, 3.05) is 18.5 Å². The van der Waals surface area contributed by atoms with Gasteiger partial charge in [-0.05, 0) is 0 Å². The molecule has 0 radical (unpaired) electrons. The third kappa shape index (κ3) is 1.30. The highest BCUT2D eigenvalue weighted by Gasteiger charge is 2.54. The summed E-state index contributed by atoms with van der Waals surface area (Å²) in [5.41, 5.74) is 0.445. The molecule has 0 amide bonds. The van der Waals surface area contributed by atoms with Crippen LogP contribution in [0.5, 0.6) is 0 Å². The van der Waals surface area contributed by atoms with Crippen molar-refractivity contribution < 1.29 is 4.74 Å². The molecule has 2 fully saturated rings. The number of hydrogen-bond donors (Lipinski definition) is 2. The number of fused-ring (bicyclic) bond motifs is 2. The topological polar surface area (TPSA) is 84.8 Å². The first-order valence-electron chi connectivity index (χ1n) is 6.00. The molecule has 2 aliphatic rings. The minimum absolute atomic E-state index is 0.155. The summed E-state index contributed by atoms with van der Waals surface area (Å²) in [6, 6.07) is 0.382. The molecule has 1 aliphatic carbocycles. The highest BCUT2D eigenvalue weighted by atomic mass is 16.5. The monoisotopic (exact) mass is 247 g/mol. The van der Waals surface area contributed by atoms with E-state index in [9.17, 15) is 4.79 Å². The summed E-state index contributed by atoms with van der Waals surface area (Å²) in [6.07, 6.45) is 1.53. The summed E-state index contributed by atoms with van der Waals surface area (Å²) in [4.78, 5) is 19.0. The van der Waals surface area contributed by atoms with Crippen LogP contribution in [0.15, 0.2) is 11.0 Å². The Balaban J connectivity index is 1.68. The van der Waals surface area contributed by atoms with Crippen molar-refractivity contribution in [2.45, 2.75) is 6.04 Å². The van der Waals surface area contributed by atoms with E-state index in [1.165, 1.54) is 6.20 Å². The van der Waals surface area contributed by atoms with Gasteiger partial charge >= 0.3 is 0 Å². The van der Waals surface area contributed by atoms with Gasteiger partial charge in [0.1, 0.15) is 5.39 Å². The van der Waals surface area contributed by atoms with Crippen molar-refractivity contribution in [2.24, 2.45) is 18.9 Å². The SMILES string of the molecule is Cn1ncc2c(=O)[nH]c(NC3[C@H]4COC[C@@H]34)nc21. The Kier molecular flexibility index (Phi) is 1.86. The average molecular weight is 247 g/mol. The fourth-order valence-electron chi connectivity index (χ4n) is 2.71. The molecule has 3 atom stereocenters. The molecule has 94 valence electrons. The molecule has 2 aromatic heterocycles. The van der Waals surface area contributed by atoms with Crippen LogP contribution in [0, 0.1) is 11.8 Å². The molecule has 7 nitrogen and oxygen atoms in total. The lowest BCUT2D eigenvalue weighted by atomic mass is 10.4. The minimum atomic E-state index is -0.155. The van der Waals surface area contributed by atoms with E-state index in [4.69, 9.17) is 4.74 Å². The van der Waals surface area contributed by atoms with Gasteiger partial charge in [-0.3, -0.25) is 14.5 Å². The van der Waals surface area contributed by atoms with Crippen LogP contribution in [-0.2, 0) is 11.8 Å². The van der Waals surface area contributed by atoms with E-state index in [0.717, 1.165) is 13.2 Å². The van der Waals surface area contributed by atoms with E-state index < -0.39 is 0 Å². The molecule has 3 heterocycles. The number of nitrogens with zero attached hydrogens (tertiary/aromatic N) is 3. The number of H-pyrrole nitrogens is 1. The Labute approximate surface area is 102 Å². The number of aromatic nitrogens is 4. The van der Waals surface area contributed by atoms with Crippen LogP contribution in [-0.4, -0.2) is 39.0 Å². The largest absolute Gasteiger partial charge is 0.381 e. The summed E-state index contributed by atoms with van der Waals surface area (Å²) in [6.45, 7) is 1.61. The van der Waals surface area contributed by atoms with Crippen LogP contribution >= 0.6 is 0 Å². The first kappa shape index (κ1) is 10.1. The minimum Gasteiger partial charge on any atom is -0.381 e. The highest BCUT2D eigenvalue weighted by Crippen LogP contribution is 2.45. The van der Waals surface area contributed by atoms with Gasteiger partial charge in [-0.2, -0.15) is 10.1 Å². The zero-order valence-electron chi connectivity index (χ0n) is 9.88. The van der Waals surface area contributed by atoms with Crippen molar-refractivity contribution in [1.82, 2.24) is 19.7 Å². The molecule has 0 aromatic carbocycles. The lowest BCUT2D eigenvalue weighted by Crippen LogP contribution is -2.18. The molecular formula is C11H13N5O2. The van der Waals surface area contributed by atoms with E-state index in [0.29, 0.717) is 34.9 Å². The van der Waals surface area contributed by atoms with Crippen molar-refractivity contribution in [3.8, 4) is 0 Å². The number of aromatic amines is 1. The highest BCUT2D eigenvalue weighted by molar-refractivity contribution is 5.74. The second-order valence-corrected chi connectivity index (χ2v) is 4.96. The maximum absolute atomic E-state index is 11.8. The van der Waals surface area contributed by atoms with Crippen LogP contribution in [0.2, 0.25) is 0 Å². The number of ether oxygens (including phenoxy) is 1. The van der Waals surface area contributed by atoms with Gasteiger partial charge in [0.05, 0.1) is 19.4 Å². The second-order valence-electron chi connectivity index (χ2n) is 4.96. The van der Waals surface area contributed by atoms with Gasteiger partial charge < -0.3 is 10.1 Å². The lowest BCUT2D eigenvalue weighted by molar-refractivity contribution is 0.162. The van der Waals surface area contributed by atoms with E-state index in [2.05, 4.69) is 20.4 Å². The van der Waals surface area contributed by atoms with E-state index in [-0.39, 0.29) is 5.56 Å². The van der Waals surface area contributed by atoms with Crippen LogP contribution in [0.1, 0.15) is 0 Å². The van der Waals surface area contributed by atoms with Gasteiger partial charge in [0, 0.05) is 24.9 Å². The normalized spacial score (nSPS) is 29.5. The predicted octanol–water partition coefficient (Wildman–Crippen LogP) is -0.287.